The number of hydrogen-bond donors (Lipinski definition) is 1. The van der Waals surface area contributed by atoms with Crippen LogP contribution in [0.15, 0.2) is 18.5 Å². The maximum Gasteiger partial charge on any atom is 0.257 e. The van der Waals surface area contributed by atoms with Gasteiger partial charge in [-0.15, -0.1) is 0 Å². The Bertz CT molecular complexity index is 574. The Labute approximate surface area is 123 Å². The first-order chi connectivity index (χ1) is 9.95. The van der Waals surface area contributed by atoms with Crippen LogP contribution in [0.5, 0.6) is 0 Å². The second-order valence-electron chi connectivity index (χ2n) is 5.40. The molecule has 0 aliphatic heterocycles. The number of halogens is 2. The number of hydrogen-bond acceptors (Lipinski definition) is 3. The fourth-order valence-corrected chi connectivity index (χ4v) is 2.05. The zero-order chi connectivity index (χ0) is 15.4. The molecule has 0 amide bonds. The van der Waals surface area contributed by atoms with Crippen molar-refractivity contribution in [3.8, 4) is 0 Å². The van der Waals surface area contributed by atoms with Gasteiger partial charge in [0.1, 0.15) is 6.54 Å². The van der Waals surface area contributed by atoms with Crippen LogP contribution in [-0.4, -0.2) is 26.0 Å². The minimum atomic E-state index is -2.38. The van der Waals surface area contributed by atoms with E-state index in [4.69, 9.17) is 0 Å². The van der Waals surface area contributed by atoms with Gasteiger partial charge in [0.05, 0.1) is 17.6 Å². The summed E-state index contributed by atoms with van der Waals surface area (Å²) in [6.45, 7) is 5.12. The molecule has 1 N–H and O–H groups in total. The highest BCUT2D eigenvalue weighted by Crippen LogP contribution is 2.13. The first-order valence-corrected chi connectivity index (χ1v) is 6.98. The van der Waals surface area contributed by atoms with E-state index < -0.39 is 6.43 Å². The van der Waals surface area contributed by atoms with Crippen molar-refractivity contribution in [2.75, 3.05) is 0 Å². The summed E-state index contributed by atoms with van der Waals surface area (Å²) < 4.78 is 27.6. The van der Waals surface area contributed by atoms with Gasteiger partial charge in [-0.2, -0.15) is 10.2 Å². The molecule has 0 radical (unpaired) electrons. The monoisotopic (exact) mass is 297 g/mol. The maximum atomic E-state index is 12.2. The Morgan fingerprint density at radius 2 is 2.05 bits per heavy atom. The van der Waals surface area contributed by atoms with Gasteiger partial charge in [-0.1, -0.05) is 13.8 Å². The molecule has 21 heavy (non-hydrogen) atoms. The van der Waals surface area contributed by atoms with Crippen molar-refractivity contribution in [3.63, 3.8) is 0 Å². The van der Waals surface area contributed by atoms with Crippen LogP contribution in [0.3, 0.4) is 0 Å². The molecule has 0 aliphatic rings. The molecule has 116 valence electrons. The lowest BCUT2D eigenvalue weighted by Gasteiger charge is -2.03. The summed E-state index contributed by atoms with van der Waals surface area (Å²) in [7, 11) is 1.92. The van der Waals surface area contributed by atoms with Gasteiger partial charge in [0.2, 0.25) is 0 Å². The molecule has 0 bridgehead atoms. The van der Waals surface area contributed by atoms with Crippen LogP contribution in [0.25, 0.3) is 0 Å². The van der Waals surface area contributed by atoms with Crippen molar-refractivity contribution in [2.24, 2.45) is 7.05 Å². The molecule has 2 aromatic heterocycles. The van der Waals surface area contributed by atoms with Crippen LogP contribution in [0.4, 0.5) is 8.78 Å². The van der Waals surface area contributed by atoms with Gasteiger partial charge in [0, 0.05) is 31.9 Å². The maximum absolute atomic E-state index is 12.2. The predicted molar refractivity (Wildman–Crippen MR) is 76.1 cm³/mol. The Morgan fingerprint density at radius 3 is 2.67 bits per heavy atom. The molecule has 0 fully saturated rings. The zero-order valence-electron chi connectivity index (χ0n) is 12.6. The van der Waals surface area contributed by atoms with Crippen molar-refractivity contribution in [1.29, 1.82) is 0 Å². The minimum absolute atomic E-state index is 0.362. The Morgan fingerprint density at radius 1 is 1.29 bits per heavy atom. The predicted octanol–water partition coefficient (Wildman–Crippen LogP) is 2.29. The molecule has 5 nitrogen and oxygen atoms in total. The number of aryl methyl sites for hydroxylation is 1. The van der Waals surface area contributed by atoms with Crippen molar-refractivity contribution < 1.29 is 8.78 Å². The van der Waals surface area contributed by atoms with E-state index in [0.717, 1.165) is 17.0 Å². The normalized spacial score (nSPS) is 11.8. The van der Waals surface area contributed by atoms with E-state index in [1.165, 1.54) is 4.68 Å². The smallest absolute Gasteiger partial charge is 0.257 e. The van der Waals surface area contributed by atoms with Crippen LogP contribution in [0.1, 0.15) is 36.7 Å². The number of rotatable bonds is 7. The second-order valence-corrected chi connectivity index (χ2v) is 5.40. The van der Waals surface area contributed by atoms with Crippen LogP contribution in [-0.2, 0) is 26.7 Å². The van der Waals surface area contributed by atoms with E-state index in [1.807, 2.05) is 11.7 Å². The minimum Gasteiger partial charge on any atom is -0.307 e. The van der Waals surface area contributed by atoms with Crippen molar-refractivity contribution >= 4 is 0 Å². The lowest BCUT2D eigenvalue weighted by atomic mass is 10.1. The summed E-state index contributed by atoms with van der Waals surface area (Å²) in [6, 6.07) is 2.08. The standard InChI is InChI=1S/C14H21F2N5/c1-10(2)13-4-12(20(3)19-13)7-17-5-11-6-18-21(8-11)9-14(15)16/h4,6,8,10,14,17H,5,7,9H2,1-3H3. The average molecular weight is 297 g/mol. The number of alkyl halides is 2. The first-order valence-electron chi connectivity index (χ1n) is 6.98. The zero-order valence-corrected chi connectivity index (χ0v) is 12.6. The molecule has 2 heterocycles. The number of aromatic nitrogens is 4. The van der Waals surface area contributed by atoms with Crippen LogP contribution >= 0.6 is 0 Å². The third-order valence-electron chi connectivity index (χ3n) is 3.23. The van der Waals surface area contributed by atoms with Gasteiger partial charge in [-0.25, -0.2) is 8.78 Å². The van der Waals surface area contributed by atoms with E-state index in [9.17, 15) is 8.78 Å². The molecule has 0 unspecified atom stereocenters. The largest absolute Gasteiger partial charge is 0.307 e. The molecule has 0 aromatic carbocycles. The fourth-order valence-electron chi connectivity index (χ4n) is 2.05. The van der Waals surface area contributed by atoms with E-state index in [2.05, 4.69) is 35.4 Å². The molecule has 0 saturated carbocycles. The second kappa shape index (κ2) is 6.80. The fraction of sp³-hybridized carbons (Fsp3) is 0.571. The van der Waals surface area contributed by atoms with Crippen molar-refractivity contribution in [1.82, 2.24) is 24.9 Å². The van der Waals surface area contributed by atoms with Gasteiger partial charge in [-0.05, 0) is 12.0 Å². The van der Waals surface area contributed by atoms with Crippen LogP contribution in [0.2, 0.25) is 0 Å². The van der Waals surface area contributed by atoms with Gasteiger partial charge in [0.15, 0.2) is 0 Å². The SMILES string of the molecule is CC(C)c1cc(CNCc2cnn(CC(F)F)c2)n(C)n1. The van der Waals surface area contributed by atoms with E-state index >= 15 is 0 Å². The van der Waals surface area contributed by atoms with E-state index in [1.54, 1.807) is 12.4 Å². The van der Waals surface area contributed by atoms with Crippen LogP contribution < -0.4 is 5.32 Å². The molecular weight excluding hydrogens is 276 g/mol. The highest BCUT2D eigenvalue weighted by Gasteiger charge is 2.09. The number of nitrogens with zero attached hydrogens (tertiary/aromatic N) is 4. The summed E-state index contributed by atoms with van der Waals surface area (Å²) in [5.41, 5.74) is 3.06. The third kappa shape index (κ3) is 4.35. The van der Waals surface area contributed by atoms with Gasteiger partial charge >= 0.3 is 0 Å². The van der Waals surface area contributed by atoms with Crippen LogP contribution in [0, 0.1) is 0 Å². The lowest BCUT2D eigenvalue weighted by molar-refractivity contribution is 0.122. The first kappa shape index (κ1) is 15.6. The summed E-state index contributed by atoms with van der Waals surface area (Å²) in [6.07, 6.45) is 0.870. The Hall–Kier alpha value is -1.76. The van der Waals surface area contributed by atoms with E-state index in [0.29, 0.717) is 19.0 Å². The van der Waals surface area contributed by atoms with Gasteiger partial charge in [-0.3, -0.25) is 9.36 Å². The van der Waals surface area contributed by atoms with Gasteiger partial charge in [0.25, 0.3) is 6.43 Å². The lowest BCUT2D eigenvalue weighted by Crippen LogP contribution is -2.15. The average Bonchev–Trinajstić information content (AvgIpc) is 2.97. The number of nitrogens with one attached hydrogen (secondary N) is 1. The molecule has 0 spiro atoms. The Kier molecular flexibility index (Phi) is 5.06. The summed E-state index contributed by atoms with van der Waals surface area (Å²) in [5.74, 6) is 0.400. The highest BCUT2D eigenvalue weighted by atomic mass is 19.3. The quantitative estimate of drug-likeness (QED) is 0.853. The topological polar surface area (TPSA) is 47.7 Å². The third-order valence-corrected chi connectivity index (χ3v) is 3.23. The molecule has 0 atom stereocenters. The summed E-state index contributed by atoms with van der Waals surface area (Å²) in [4.78, 5) is 0. The molecule has 2 aromatic rings. The van der Waals surface area contributed by atoms with Crippen molar-refractivity contribution in [2.45, 2.75) is 45.8 Å². The van der Waals surface area contributed by atoms with Gasteiger partial charge < -0.3 is 5.32 Å². The molecule has 0 saturated heterocycles. The van der Waals surface area contributed by atoms with Crippen molar-refractivity contribution in [3.05, 3.63) is 35.4 Å². The molecular formula is C14H21F2N5. The molecule has 7 heteroatoms. The highest BCUT2D eigenvalue weighted by molar-refractivity contribution is 5.13. The summed E-state index contributed by atoms with van der Waals surface area (Å²) in [5, 5.41) is 11.6. The Balaban J connectivity index is 1.85. The summed E-state index contributed by atoms with van der Waals surface area (Å²) >= 11 is 0. The molecule has 2 rings (SSSR count). The van der Waals surface area contributed by atoms with E-state index in [-0.39, 0.29) is 6.54 Å². The molecule has 0 aliphatic carbocycles.